The molecule has 1 aromatic heterocycles. The van der Waals surface area contributed by atoms with E-state index in [1.54, 1.807) is 7.05 Å². The Morgan fingerprint density at radius 3 is 2.32 bits per heavy atom. The molecule has 2 aromatic rings. The summed E-state index contributed by atoms with van der Waals surface area (Å²) >= 11 is 0. The molecule has 2 rings (SSSR count). The third-order valence-corrected chi connectivity index (χ3v) is 3.83. The van der Waals surface area contributed by atoms with Gasteiger partial charge >= 0.3 is 0 Å². The van der Waals surface area contributed by atoms with E-state index in [-0.39, 0.29) is 11.4 Å². The molecular weight excluding hydrogens is 264 g/mol. The molecule has 1 heterocycles. The molecule has 0 radical (unpaired) electrons. The third kappa shape index (κ3) is 3.49. The second-order valence-corrected chi connectivity index (χ2v) is 5.57. The van der Waals surface area contributed by atoms with Crippen LogP contribution >= 0.6 is 0 Å². The van der Waals surface area contributed by atoms with E-state index in [0.717, 1.165) is 5.56 Å². The maximum absolute atomic E-state index is 12.0. The Hall–Kier alpha value is -1.99. The summed E-state index contributed by atoms with van der Waals surface area (Å²) in [5, 5.41) is 2.73. The van der Waals surface area contributed by atoms with Gasteiger partial charge in [0.1, 0.15) is 4.90 Å². The number of anilines is 1. The molecule has 0 unspecified atom stereocenters. The highest BCUT2D eigenvalue weighted by Crippen LogP contribution is 2.08. The molecule has 100 valence electrons. The fraction of sp³-hybridized carbons (Fsp3) is 0.167. The lowest BCUT2D eigenvalue weighted by atomic mass is 10.2. The molecule has 0 atom stereocenters. The van der Waals surface area contributed by atoms with E-state index in [1.807, 2.05) is 30.3 Å². The maximum atomic E-state index is 12.0. The minimum absolute atomic E-state index is 0.0439. The van der Waals surface area contributed by atoms with Gasteiger partial charge in [-0.25, -0.2) is 23.1 Å². The molecule has 0 spiro atoms. The monoisotopic (exact) mass is 278 g/mol. The van der Waals surface area contributed by atoms with E-state index in [4.69, 9.17) is 0 Å². The van der Waals surface area contributed by atoms with Crippen molar-refractivity contribution >= 4 is 16.0 Å². The molecule has 0 amide bonds. The SMILES string of the molecule is CNc1ncc(S(=O)(=O)NCc2ccccc2)cn1. The van der Waals surface area contributed by atoms with Crippen molar-refractivity contribution in [1.29, 1.82) is 0 Å². The summed E-state index contributed by atoms with van der Waals surface area (Å²) in [5.41, 5.74) is 0.888. The van der Waals surface area contributed by atoms with E-state index in [0.29, 0.717) is 5.95 Å². The van der Waals surface area contributed by atoms with Crippen molar-refractivity contribution in [3.8, 4) is 0 Å². The van der Waals surface area contributed by atoms with Gasteiger partial charge in [-0.1, -0.05) is 30.3 Å². The second kappa shape index (κ2) is 5.77. The molecule has 1 aromatic carbocycles. The number of aromatic nitrogens is 2. The lowest BCUT2D eigenvalue weighted by molar-refractivity contribution is 0.580. The van der Waals surface area contributed by atoms with Gasteiger partial charge in [0.15, 0.2) is 0 Å². The zero-order chi connectivity index (χ0) is 13.7. The predicted molar refractivity (Wildman–Crippen MR) is 72.0 cm³/mol. The predicted octanol–water partition coefficient (Wildman–Crippen LogP) is 0.997. The zero-order valence-corrected chi connectivity index (χ0v) is 11.2. The van der Waals surface area contributed by atoms with Crippen LogP contribution in [0, 0.1) is 0 Å². The van der Waals surface area contributed by atoms with E-state index in [9.17, 15) is 8.42 Å². The fourth-order valence-corrected chi connectivity index (χ4v) is 2.35. The number of hydrogen-bond acceptors (Lipinski definition) is 5. The number of nitrogens with one attached hydrogen (secondary N) is 2. The lowest BCUT2D eigenvalue weighted by Gasteiger charge is -2.06. The van der Waals surface area contributed by atoms with Gasteiger partial charge in [0.25, 0.3) is 0 Å². The van der Waals surface area contributed by atoms with Gasteiger partial charge < -0.3 is 5.32 Å². The minimum atomic E-state index is -3.59. The van der Waals surface area contributed by atoms with Gasteiger partial charge in [0.2, 0.25) is 16.0 Å². The molecule has 19 heavy (non-hydrogen) atoms. The number of rotatable bonds is 5. The highest BCUT2D eigenvalue weighted by Gasteiger charge is 2.14. The van der Waals surface area contributed by atoms with Crippen LogP contribution < -0.4 is 10.0 Å². The highest BCUT2D eigenvalue weighted by atomic mass is 32.2. The number of sulfonamides is 1. The summed E-state index contributed by atoms with van der Waals surface area (Å²) in [6.07, 6.45) is 2.54. The van der Waals surface area contributed by atoms with Crippen molar-refractivity contribution < 1.29 is 8.42 Å². The van der Waals surface area contributed by atoms with Crippen LogP contribution in [-0.2, 0) is 16.6 Å². The van der Waals surface area contributed by atoms with E-state index >= 15 is 0 Å². The third-order valence-electron chi connectivity index (χ3n) is 2.47. The van der Waals surface area contributed by atoms with Crippen molar-refractivity contribution in [3.63, 3.8) is 0 Å². The molecule has 0 saturated heterocycles. The Morgan fingerprint density at radius 1 is 1.11 bits per heavy atom. The Balaban J connectivity index is 2.09. The number of benzene rings is 1. The van der Waals surface area contributed by atoms with Crippen LogP contribution in [0.1, 0.15) is 5.56 Å². The van der Waals surface area contributed by atoms with Crippen LogP contribution in [0.3, 0.4) is 0 Å². The molecule has 0 aliphatic carbocycles. The van der Waals surface area contributed by atoms with Gasteiger partial charge in [0.05, 0.1) is 12.4 Å². The quantitative estimate of drug-likeness (QED) is 0.852. The Kier molecular flexibility index (Phi) is 4.08. The van der Waals surface area contributed by atoms with Crippen LogP contribution in [0.15, 0.2) is 47.6 Å². The highest BCUT2D eigenvalue weighted by molar-refractivity contribution is 7.89. The van der Waals surface area contributed by atoms with Gasteiger partial charge in [0, 0.05) is 13.6 Å². The van der Waals surface area contributed by atoms with Crippen molar-refractivity contribution in [2.45, 2.75) is 11.4 Å². The average molecular weight is 278 g/mol. The van der Waals surface area contributed by atoms with E-state index in [1.165, 1.54) is 12.4 Å². The fourth-order valence-electron chi connectivity index (χ4n) is 1.44. The average Bonchev–Trinajstić information content (AvgIpc) is 2.46. The largest absolute Gasteiger partial charge is 0.357 e. The minimum Gasteiger partial charge on any atom is -0.357 e. The smallest absolute Gasteiger partial charge is 0.243 e. The zero-order valence-electron chi connectivity index (χ0n) is 10.4. The summed E-state index contributed by atoms with van der Waals surface area (Å²) in [6, 6.07) is 9.29. The molecule has 2 N–H and O–H groups in total. The maximum Gasteiger partial charge on any atom is 0.243 e. The Morgan fingerprint density at radius 2 is 1.74 bits per heavy atom. The summed E-state index contributed by atoms with van der Waals surface area (Å²) in [6.45, 7) is 0.233. The van der Waals surface area contributed by atoms with Crippen molar-refractivity contribution in [1.82, 2.24) is 14.7 Å². The first-order valence-corrected chi connectivity index (χ1v) is 7.13. The first kappa shape index (κ1) is 13.4. The topological polar surface area (TPSA) is 84.0 Å². The molecule has 0 fully saturated rings. The molecule has 0 aliphatic heterocycles. The molecule has 0 aliphatic rings. The molecule has 0 bridgehead atoms. The van der Waals surface area contributed by atoms with E-state index < -0.39 is 10.0 Å². The van der Waals surface area contributed by atoms with Gasteiger partial charge in [-0.15, -0.1) is 0 Å². The normalized spacial score (nSPS) is 11.2. The van der Waals surface area contributed by atoms with Gasteiger partial charge in [-0.2, -0.15) is 0 Å². The number of hydrogen-bond donors (Lipinski definition) is 2. The van der Waals surface area contributed by atoms with Gasteiger partial charge in [-0.3, -0.25) is 0 Å². The molecular formula is C12H14N4O2S. The first-order valence-electron chi connectivity index (χ1n) is 5.65. The van der Waals surface area contributed by atoms with Crippen molar-refractivity contribution in [2.24, 2.45) is 0 Å². The summed E-state index contributed by atoms with van der Waals surface area (Å²) in [4.78, 5) is 7.80. The Labute approximate surface area is 112 Å². The van der Waals surface area contributed by atoms with Gasteiger partial charge in [-0.05, 0) is 5.56 Å². The van der Waals surface area contributed by atoms with E-state index in [2.05, 4.69) is 20.0 Å². The van der Waals surface area contributed by atoms with Crippen molar-refractivity contribution in [2.75, 3.05) is 12.4 Å². The van der Waals surface area contributed by atoms with Crippen LogP contribution in [0.5, 0.6) is 0 Å². The van der Waals surface area contributed by atoms with Crippen LogP contribution in [0.25, 0.3) is 0 Å². The lowest BCUT2D eigenvalue weighted by Crippen LogP contribution is -2.23. The standard InChI is InChI=1S/C12H14N4O2S/c1-13-12-14-8-11(9-15-12)19(17,18)16-7-10-5-3-2-4-6-10/h2-6,8-9,16H,7H2,1H3,(H,13,14,15). The number of nitrogens with zero attached hydrogens (tertiary/aromatic N) is 2. The summed E-state index contributed by atoms with van der Waals surface area (Å²) in [7, 11) is -1.92. The Bertz CT molecular complexity index is 627. The molecule has 7 heteroatoms. The van der Waals surface area contributed by atoms with Crippen LogP contribution in [0.2, 0.25) is 0 Å². The van der Waals surface area contributed by atoms with Crippen LogP contribution in [0.4, 0.5) is 5.95 Å². The van der Waals surface area contributed by atoms with Crippen LogP contribution in [-0.4, -0.2) is 25.4 Å². The summed E-state index contributed by atoms with van der Waals surface area (Å²) < 4.78 is 26.5. The van der Waals surface area contributed by atoms with Crippen molar-refractivity contribution in [3.05, 3.63) is 48.3 Å². The molecule has 6 nitrogen and oxygen atoms in total. The molecule has 0 saturated carbocycles. The first-order chi connectivity index (χ1) is 9.12. The summed E-state index contributed by atoms with van der Waals surface area (Å²) in [5.74, 6) is 0.377. The second-order valence-electron chi connectivity index (χ2n) is 3.80.